The number of morpholine rings is 1. The molecule has 0 aromatic carbocycles. The Labute approximate surface area is 106 Å². The predicted molar refractivity (Wildman–Crippen MR) is 64.2 cm³/mol. The molecule has 1 heterocycles. The van der Waals surface area contributed by atoms with Crippen molar-refractivity contribution in [1.82, 2.24) is 10.2 Å². The predicted octanol–water partition coefficient (Wildman–Crippen LogP) is -0.169. The minimum absolute atomic E-state index is 0.0311. The van der Waals surface area contributed by atoms with E-state index in [1.165, 1.54) is 12.8 Å². The number of carboxylic acids is 1. The summed E-state index contributed by atoms with van der Waals surface area (Å²) >= 11 is 0. The van der Waals surface area contributed by atoms with E-state index in [2.05, 4.69) is 5.32 Å². The highest BCUT2D eigenvalue weighted by molar-refractivity contribution is 5.80. The van der Waals surface area contributed by atoms with Crippen LogP contribution in [0.5, 0.6) is 0 Å². The molecule has 2 aliphatic rings. The molecule has 2 N–H and O–H groups in total. The van der Waals surface area contributed by atoms with E-state index in [1.807, 2.05) is 0 Å². The lowest BCUT2D eigenvalue weighted by Crippen LogP contribution is -2.51. The van der Waals surface area contributed by atoms with E-state index in [9.17, 15) is 9.59 Å². The van der Waals surface area contributed by atoms with Gasteiger partial charge < -0.3 is 20.1 Å². The Morgan fingerprint density at radius 3 is 2.72 bits per heavy atom. The molecule has 1 aliphatic carbocycles. The number of amides is 1. The van der Waals surface area contributed by atoms with Crippen molar-refractivity contribution in [2.75, 3.05) is 26.2 Å². The van der Waals surface area contributed by atoms with Crippen LogP contribution in [0, 0.1) is 0 Å². The summed E-state index contributed by atoms with van der Waals surface area (Å²) in [5.41, 5.74) is 0. The first-order chi connectivity index (χ1) is 8.66. The van der Waals surface area contributed by atoms with Gasteiger partial charge in [-0.3, -0.25) is 4.79 Å². The van der Waals surface area contributed by atoms with Crippen LogP contribution in [0.1, 0.15) is 25.7 Å². The van der Waals surface area contributed by atoms with E-state index in [1.54, 1.807) is 4.90 Å². The van der Waals surface area contributed by atoms with Gasteiger partial charge in [0.1, 0.15) is 0 Å². The van der Waals surface area contributed by atoms with E-state index in [4.69, 9.17) is 9.84 Å². The first-order valence-corrected chi connectivity index (χ1v) is 6.52. The van der Waals surface area contributed by atoms with Crippen molar-refractivity contribution >= 4 is 11.9 Å². The second kappa shape index (κ2) is 6.15. The minimum Gasteiger partial charge on any atom is -0.479 e. The van der Waals surface area contributed by atoms with Crippen LogP contribution >= 0.6 is 0 Å². The molecule has 18 heavy (non-hydrogen) atoms. The first-order valence-electron chi connectivity index (χ1n) is 6.52. The number of nitrogens with one attached hydrogen (secondary N) is 1. The summed E-state index contributed by atoms with van der Waals surface area (Å²) in [5, 5.41) is 12.1. The fourth-order valence-corrected chi connectivity index (χ4v) is 2.50. The molecule has 6 nitrogen and oxygen atoms in total. The second-order valence-electron chi connectivity index (χ2n) is 4.90. The van der Waals surface area contributed by atoms with E-state index in [-0.39, 0.29) is 12.5 Å². The Balaban J connectivity index is 1.75. The van der Waals surface area contributed by atoms with Crippen molar-refractivity contribution in [2.45, 2.75) is 37.8 Å². The highest BCUT2D eigenvalue weighted by Crippen LogP contribution is 2.17. The number of ether oxygens (including phenoxy) is 1. The zero-order valence-corrected chi connectivity index (χ0v) is 10.4. The smallest absolute Gasteiger partial charge is 0.334 e. The second-order valence-corrected chi connectivity index (χ2v) is 4.90. The first kappa shape index (κ1) is 13.3. The number of rotatable bonds is 4. The van der Waals surface area contributed by atoms with Crippen LogP contribution in [0.3, 0.4) is 0 Å². The average molecular weight is 256 g/mol. The van der Waals surface area contributed by atoms with Gasteiger partial charge in [-0.15, -0.1) is 0 Å². The van der Waals surface area contributed by atoms with Crippen LogP contribution in [0.4, 0.5) is 0 Å². The van der Waals surface area contributed by atoms with Gasteiger partial charge in [0.2, 0.25) is 5.91 Å². The maximum atomic E-state index is 11.9. The number of hydrogen-bond donors (Lipinski definition) is 2. The summed E-state index contributed by atoms with van der Waals surface area (Å²) in [6, 6.07) is 0.449. The number of hydrogen-bond acceptors (Lipinski definition) is 4. The molecule has 2 rings (SSSR count). The molecule has 1 unspecified atom stereocenters. The van der Waals surface area contributed by atoms with Crippen LogP contribution in [0.25, 0.3) is 0 Å². The number of carbonyl (C=O) groups excluding carboxylic acids is 1. The molecule has 1 saturated carbocycles. The molecule has 1 aliphatic heterocycles. The van der Waals surface area contributed by atoms with Gasteiger partial charge in [-0.2, -0.15) is 0 Å². The van der Waals surface area contributed by atoms with E-state index >= 15 is 0 Å². The molecule has 1 amide bonds. The van der Waals surface area contributed by atoms with Gasteiger partial charge in [0.25, 0.3) is 0 Å². The fraction of sp³-hybridized carbons (Fsp3) is 0.833. The van der Waals surface area contributed by atoms with Crippen molar-refractivity contribution in [3.8, 4) is 0 Å². The SMILES string of the molecule is O=C(O)C1CN(C(=O)CNC2CCCC2)CCO1. The molecule has 0 radical (unpaired) electrons. The molecule has 6 heteroatoms. The molecular formula is C12H20N2O4. The van der Waals surface area contributed by atoms with Crippen LogP contribution < -0.4 is 5.32 Å². The monoisotopic (exact) mass is 256 g/mol. The van der Waals surface area contributed by atoms with E-state index in [0.717, 1.165) is 12.8 Å². The lowest BCUT2D eigenvalue weighted by molar-refractivity contribution is -0.159. The zero-order valence-electron chi connectivity index (χ0n) is 10.4. The third-order valence-electron chi connectivity index (χ3n) is 3.59. The van der Waals surface area contributed by atoms with Gasteiger partial charge in [0.05, 0.1) is 19.7 Å². The molecule has 1 saturated heterocycles. The average Bonchev–Trinajstić information content (AvgIpc) is 2.89. The Morgan fingerprint density at radius 2 is 2.06 bits per heavy atom. The summed E-state index contributed by atoms with van der Waals surface area (Å²) in [6.07, 6.45) is 3.84. The summed E-state index contributed by atoms with van der Waals surface area (Å²) in [4.78, 5) is 24.3. The van der Waals surface area contributed by atoms with Gasteiger partial charge in [-0.1, -0.05) is 12.8 Å². The van der Waals surface area contributed by atoms with Gasteiger partial charge >= 0.3 is 5.97 Å². The van der Waals surface area contributed by atoms with Crippen molar-refractivity contribution in [1.29, 1.82) is 0 Å². The van der Waals surface area contributed by atoms with Crippen LogP contribution in [-0.2, 0) is 14.3 Å². The van der Waals surface area contributed by atoms with Gasteiger partial charge in [-0.05, 0) is 12.8 Å². The summed E-state index contributed by atoms with van der Waals surface area (Å²) in [7, 11) is 0. The number of carboxylic acid groups (broad SMARTS) is 1. The van der Waals surface area contributed by atoms with Crippen LogP contribution in [0.2, 0.25) is 0 Å². The third kappa shape index (κ3) is 3.43. The van der Waals surface area contributed by atoms with Crippen molar-refractivity contribution in [3.05, 3.63) is 0 Å². The molecule has 0 aromatic rings. The number of nitrogens with zero attached hydrogens (tertiary/aromatic N) is 1. The van der Waals surface area contributed by atoms with E-state index < -0.39 is 12.1 Å². The molecule has 0 spiro atoms. The molecule has 1 atom stereocenters. The fourth-order valence-electron chi connectivity index (χ4n) is 2.50. The lowest BCUT2D eigenvalue weighted by Gasteiger charge is -2.31. The van der Waals surface area contributed by atoms with E-state index in [0.29, 0.717) is 25.7 Å². The largest absolute Gasteiger partial charge is 0.479 e. The Kier molecular flexibility index (Phi) is 4.54. The molecule has 2 fully saturated rings. The normalized spacial score (nSPS) is 25.3. The maximum absolute atomic E-state index is 11.9. The third-order valence-corrected chi connectivity index (χ3v) is 3.59. The number of carbonyl (C=O) groups is 2. The van der Waals surface area contributed by atoms with Crippen molar-refractivity contribution < 1.29 is 19.4 Å². The molecule has 0 aromatic heterocycles. The molecular weight excluding hydrogens is 236 g/mol. The topological polar surface area (TPSA) is 78.9 Å². The zero-order chi connectivity index (χ0) is 13.0. The molecule has 0 bridgehead atoms. The molecule has 102 valence electrons. The quantitative estimate of drug-likeness (QED) is 0.730. The number of aliphatic carboxylic acids is 1. The minimum atomic E-state index is -1.00. The van der Waals surface area contributed by atoms with Gasteiger partial charge in [-0.25, -0.2) is 4.79 Å². The standard InChI is InChI=1S/C12H20N2O4/c15-11(7-13-9-3-1-2-4-9)14-5-6-18-10(8-14)12(16)17/h9-10,13H,1-8H2,(H,16,17). The highest BCUT2D eigenvalue weighted by Gasteiger charge is 2.29. The highest BCUT2D eigenvalue weighted by atomic mass is 16.5. The Morgan fingerprint density at radius 1 is 1.33 bits per heavy atom. The van der Waals surface area contributed by atoms with Crippen LogP contribution in [-0.4, -0.2) is 60.3 Å². The Hall–Kier alpha value is -1.14. The maximum Gasteiger partial charge on any atom is 0.334 e. The summed E-state index contributed by atoms with van der Waals surface area (Å²) in [6.45, 7) is 1.23. The summed E-state index contributed by atoms with van der Waals surface area (Å²) < 4.78 is 5.08. The van der Waals surface area contributed by atoms with Gasteiger partial charge in [0.15, 0.2) is 6.10 Å². The van der Waals surface area contributed by atoms with Crippen LogP contribution in [0.15, 0.2) is 0 Å². The van der Waals surface area contributed by atoms with Crippen molar-refractivity contribution in [3.63, 3.8) is 0 Å². The van der Waals surface area contributed by atoms with Crippen molar-refractivity contribution in [2.24, 2.45) is 0 Å². The van der Waals surface area contributed by atoms with Gasteiger partial charge in [0, 0.05) is 12.6 Å². The summed E-state index contributed by atoms with van der Waals surface area (Å²) in [5.74, 6) is -1.03. The Bertz CT molecular complexity index is 315. The lowest BCUT2D eigenvalue weighted by atomic mass is 10.2.